The van der Waals surface area contributed by atoms with E-state index in [0.29, 0.717) is 30.0 Å². The van der Waals surface area contributed by atoms with E-state index in [1.807, 2.05) is 38.3 Å². The van der Waals surface area contributed by atoms with Crippen LogP contribution < -0.4 is 4.90 Å². The van der Waals surface area contributed by atoms with E-state index in [0.717, 1.165) is 67.8 Å². The SMILES string of the molecule is Cc1nc2cc3nn2c(c1C(OC(C)(C)C)C(=O)O)N1CCC(C)(CC1)OCCCCCCc1ccccc1-c1cccc-3c1. The summed E-state index contributed by atoms with van der Waals surface area (Å²) < 4.78 is 14.5. The second kappa shape index (κ2) is 12.6. The van der Waals surface area contributed by atoms with Crippen LogP contribution in [0.25, 0.3) is 28.0 Å². The molecule has 8 heteroatoms. The molecule has 7 rings (SSSR count). The van der Waals surface area contributed by atoms with E-state index in [1.54, 1.807) is 0 Å². The summed E-state index contributed by atoms with van der Waals surface area (Å²) in [6.45, 7) is 11.9. The highest BCUT2D eigenvalue weighted by atomic mass is 16.5. The van der Waals surface area contributed by atoms with Gasteiger partial charge in [0.25, 0.3) is 0 Å². The summed E-state index contributed by atoms with van der Waals surface area (Å²) in [6, 6.07) is 19.2. The van der Waals surface area contributed by atoms with Crippen molar-refractivity contribution >= 4 is 17.4 Å². The molecule has 1 atom stereocenters. The van der Waals surface area contributed by atoms with Crippen molar-refractivity contribution in [2.75, 3.05) is 24.6 Å². The molecule has 1 unspecified atom stereocenters. The van der Waals surface area contributed by atoms with Crippen molar-refractivity contribution in [2.45, 2.75) is 96.9 Å². The molecule has 5 heterocycles. The van der Waals surface area contributed by atoms with Gasteiger partial charge in [-0.3, -0.25) is 0 Å². The summed E-state index contributed by atoms with van der Waals surface area (Å²) in [7, 11) is 0. The number of ether oxygens (including phenoxy) is 2. The molecule has 1 N–H and O–H groups in total. The first-order valence-corrected chi connectivity index (χ1v) is 16.4. The lowest BCUT2D eigenvalue weighted by Gasteiger charge is -2.41. The van der Waals surface area contributed by atoms with Crippen LogP contribution in [-0.2, 0) is 20.7 Å². The van der Waals surface area contributed by atoms with Crippen molar-refractivity contribution in [1.82, 2.24) is 14.6 Å². The lowest BCUT2D eigenvalue weighted by atomic mass is 9.92. The topological polar surface area (TPSA) is 89.2 Å². The summed E-state index contributed by atoms with van der Waals surface area (Å²) in [5, 5.41) is 15.6. The van der Waals surface area contributed by atoms with Crippen LogP contribution in [0.15, 0.2) is 54.6 Å². The number of piperidine rings is 1. The zero-order chi connectivity index (χ0) is 31.8. The molecule has 8 nitrogen and oxygen atoms in total. The standard InChI is InChI=1S/C37H46N4O4/c1-25-32(33(35(42)43)45-36(2,3)4)34-40-20-18-37(5,19-21-40)44-22-11-7-6-8-13-26-14-9-10-17-29(26)27-15-12-16-28(23-27)30-24-31(38-25)41(34)39-30/h9-10,12,14-17,23-24,33H,6-8,11,13,18-22H2,1-5H3,(H,42,43). The maximum atomic E-state index is 12.8. The van der Waals surface area contributed by atoms with Crippen molar-refractivity contribution in [1.29, 1.82) is 0 Å². The molecule has 0 saturated carbocycles. The number of hydrogen-bond donors (Lipinski definition) is 1. The average molecular weight is 611 g/mol. The van der Waals surface area contributed by atoms with Gasteiger partial charge in [0.15, 0.2) is 11.8 Å². The fourth-order valence-electron chi connectivity index (χ4n) is 6.74. The van der Waals surface area contributed by atoms with Gasteiger partial charge in [-0.15, -0.1) is 0 Å². The number of aliphatic carboxylic acids is 1. The zero-order valence-corrected chi connectivity index (χ0v) is 27.3. The molecule has 0 aliphatic carbocycles. The van der Waals surface area contributed by atoms with Gasteiger partial charge >= 0.3 is 5.97 Å². The van der Waals surface area contributed by atoms with Gasteiger partial charge in [-0.05, 0) is 89.5 Å². The molecular formula is C37H46N4O4. The molecule has 45 heavy (non-hydrogen) atoms. The van der Waals surface area contributed by atoms with Crippen molar-refractivity contribution in [3.05, 3.63) is 71.4 Å². The molecule has 2 aromatic heterocycles. The van der Waals surface area contributed by atoms with E-state index in [4.69, 9.17) is 19.6 Å². The third-order valence-corrected chi connectivity index (χ3v) is 9.16. The van der Waals surface area contributed by atoms with E-state index < -0.39 is 17.7 Å². The number of fused-ring (bicyclic) bond motifs is 8. The number of nitrogens with zero attached hydrogens (tertiary/aromatic N) is 4. The van der Waals surface area contributed by atoms with Gasteiger partial charge in [0.1, 0.15) is 5.82 Å². The van der Waals surface area contributed by atoms with Crippen LogP contribution in [-0.4, -0.2) is 56.6 Å². The molecule has 0 radical (unpaired) electrons. The highest BCUT2D eigenvalue weighted by molar-refractivity contribution is 5.79. The number of benzene rings is 2. The summed E-state index contributed by atoms with van der Waals surface area (Å²) in [6.07, 6.45) is 6.06. The molecule has 238 valence electrons. The Labute approximate surface area is 266 Å². The minimum Gasteiger partial charge on any atom is -0.479 e. The minimum absolute atomic E-state index is 0.221. The summed E-state index contributed by atoms with van der Waals surface area (Å²) in [5.74, 6) is -0.306. The van der Waals surface area contributed by atoms with Gasteiger partial charge in [0.05, 0.1) is 22.5 Å². The van der Waals surface area contributed by atoms with Crippen molar-refractivity contribution in [3.63, 3.8) is 0 Å². The number of carboxylic acids is 1. The number of carbonyl (C=O) groups is 1. The molecule has 4 aromatic rings. The lowest BCUT2D eigenvalue weighted by Crippen LogP contribution is -2.46. The fraction of sp³-hybridized carbons (Fsp3) is 0.486. The first kappa shape index (κ1) is 31.2. The smallest absolute Gasteiger partial charge is 0.337 e. The highest BCUT2D eigenvalue weighted by Gasteiger charge is 2.37. The van der Waals surface area contributed by atoms with E-state index in [1.165, 1.54) is 17.5 Å². The third kappa shape index (κ3) is 6.77. The maximum absolute atomic E-state index is 12.8. The predicted octanol–water partition coefficient (Wildman–Crippen LogP) is 7.80. The quantitative estimate of drug-likeness (QED) is 0.253. The third-order valence-electron chi connectivity index (χ3n) is 9.16. The molecule has 3 aliphatic rings. The van der Waals surface area contributed by atoms with Gasteiger partial charge in [0.2, 0.25) is 0 Å². The Morgan fingerprint density at radius 2 is 1.73 bits per heavy atom. The highest BCUT2D eigenvalue weighted by Crippen LogP contribution is 2.39. The Morgan fingerprint density at radius 3 is 2.49 bits per heavy atom. The van der Waals surface area contributed by atoms with Gasteiger partial charge in [0, 0.05) is 37.0 Å². The normalized spacial score (nSPS) is 18.1. The lowest BCUT2D eigenvalue weighted by molar-refractivity contribution is -0.160. The Bertz CT molecular complexity index is 1680. The Morgan fingerprint density at radius 1 is 1.00 bits per heavy atom. The Hall–Kier alpha value is -3.75. The monoisotopic (exact) mass is 610 g/mol. The minimum atomic E-state index is -1.19. The van der Waals surface area contributed by atoms with E-state index in [2.05, 4.69) is 60.4 Å². The van der Waals surface area contributed by atoms with Gasteiger partial charge in [-0.1, -0.05) is 55.3 Å². The average Bonchev–Trinajstić information content (AvgIpc) is 3.42. The van der Waals surface area contributed by atoms with E-state index in [9.17, 15) is 9.90 Å². The number of hydrogen-bond acceptors (Lipinski definition) is 6. The molecular weight excluding hydrogens is 564 g/mol. The molecule has 1 saturated heterocycles. The van der Waals surface area contributed by atoms with Crippen LogP contribution in [0.3, 0.4) is 0 Å². The van der Waals surface area contributed by atoms with Gasteiger partial charge in [-0.2, -0.15) is 9.61 Å². The maximum Gasteiger partial charge on any atom is 0.337 e. The Balaban J connectivity index is 1.52. The summed E-state index contributed by atoms with van der Waals surface area (Å²) in [5.41, 5.74) is 6.52. The van der Waals surface area contributed by atoms with Gasteiger partial charge in [-0.25, -0.2) is 9.78 Å². The Kier molecular flexibility index (Phi) is 8.72. The van der Waals surface area contributed by atoms with Crippen LogP contribution in [0.2, 0.25) is 0 Å². The molecule has 6 bridgehead atoms. The number of carboxylic acid groups (broad SMARTS) is 1. The van der Waals surface area contributed by atoms with E-state index in [-0.39, 0.29) is 5.60 Å². The van der Waals surface area contributed by atoms with Crippen LogP contribution in [0.4, 0.5) is 5.82 Å². The predicted molar refractivity (Wildman–Crippen MR) is 178 cm³/mol. The van der Waals surface area contributed by atoms with Crippen molar-refractivity contribution in [2.24, 2.45) is 0 Å². The second-order valence-corrected chi connectivity index (χ2v) is 13.9. The zero-order valence-electron chi connectivity index (χ0n) is 27.3. The molecule has 0 amide bonds. The van der Waals surface area contributed by atoms with E-state index >= 15 is 0 Å². The number of rotatable bonds is 3. The van der Waals surface area contributed by atoms with Crippen molar-refractivity contribution in [3.8, 4) is 22.4 Å². The largest absolute Gasteiger partial charge is 0.479 e. The first-order valence-electron chi connectivity index (χ1n) is 16.4. The van der Waals surface area contributed by atoms with Crippen LogP contribution >= 0.6 is 0 Å². The number of aromatic nitrogens is 3. The molecule has 0 spiro atoms. The first-order chi connectivity index (χ1) is 21.5. The van der Waals surface area contributed by atoms with Crippen LogP contribution in [0.5, 0.6) is 0 Å². The van der Waals surface area contributed by atoms with Gasteiger partial charge < -0.3 is 19.5 Å². The molecule has 3 aliphatic heterocycles. The number of aryl methyl sites for hydroxylation is 2. The van der Waals surface area contributed by atoms with Crippen LogP contribution in [0, 0.1) is 6.92 Å². The summed E-state index contributed by atoms with van der Waals surface area (Å²) in [4.78, 5) is 20.0. The fourth-order valence-corrected chi connectivity index (χ4v) is 6.74. The number of anilines is 1. The molecule has 1 fully saturated rings. The van der Waals surface area contributed by atoms with Crippen molar-refractivity contribution < 1.29 is 19.4 Å². The second-order valence-electron chi connectivity index (χ2n) is 13.9. The van der Waals surface area contributed by atoms with Crippen LogP contribution in [0.1, 0.15) is 89.1 Å². The summed E-state index contributed by atoms with van der Waals surface area (Å²) >= 11 is 0. The molecule has 2 aromatic carbocycles.